The highest BCUT2D eigenvalue weighted by Crippen LogP contribution is 2.72. The van der Waals surface area contributed by atoms with Crippen LogP contribution in [0.5, 0.6) is 0 Å². The number of carbonyl (C=O) groups is 1. The number of rotatable bonds is 4. The third-order valence-corrected chi connectivity index (χ3v) is 12.2. The first-order chi connectivity index (χ1) is 16.9. The molecule has 37 heavy (non-hydrogen) atoms. The first-order valence-corrected chi connectivity index (χ1v) is 15.1. The molecule has 0 aromatic rings. The Morgan fingerprint density at radius 1 is 1.11 bits per heavy atom. The van der Waals surface area contributed by atoms with E-state index < -0.39 is 59.7 Å². The Bertz CT molecular complexity index is 1050. The highest BCUT2D eigenvalue weighted by molar-refractivity contribution is 7.47. The van der Waals surface area contributed by atoms with Gasteiger partial charge in [-0.25, -0.2) is 4.57 Å². The molecule has 3 saturated carbocycles. The van der Waals surface area contributed by atoms with Gasteiger partial charge in [0.1, 0.15) is 5.60 Å². The van der Waals surface area contributed by atoms with Crippen LogP contribution in [0.1, 0.15) is 86.0 Å². The fraction of sp³-hybridized carbons (Fsp3) is 0.889. The van der Waals surface area contributed by atoms with E-state index in [1.165, 1.54) is 0 Å². The van der Waals surface area contributed by atoms with E-state index in [-0.39, 0.29) is 24.0 Å². The lowest BCUT2D eigenvalue weighted by Gasteiger charge is -2.60. The number of carbonyl (C=O) groups excluding carboxylic acids is 1. The van der Waals surface area contributed by atoms with Crippen LogP contribution in [0, 0.1) is 28.6 Å². The van der Waals surface area contributed by atoms with Crippen molar-refractivity contribution in [2.45, 2.75) is 121 Å². The number of aliphatic hydroxyl groups excluding tert-OH is 2. The number of ketones is 1. The summed E-state index contributed by atoms with van der Waals surface area (Å²) in [6, 6.07) is 0. The second-order valence-electron chi connectivity index (χ2n) is 13.8. The van der Waals surface area contributed by atoms with Gasteiger partial charge >= 0.3 is 7.82 Å². The van der Waals surface area contributed by atoms with Crippen molar-refractivity contribution in [1.82, 2.24) is 0 Å². The minimum Gasteiger partial charge on any atom is -0.390 e. The molecule has 0 spiro atoms. The SMILES string of the molecule is CC(C)(O)CCC1OP(=O)(O)OC1(C)C1CCC2(O)C3=CC(=O)C4CC(O)C(O)CC4(C)C3CCC12C. The summed E-state index contributed by atoms with van der Waals surface area (Å²) in [5.41, 5.74) is -4.09. The number of hydrogen-bond donors (Lipinski definition) is 5. The topological polar surface area (TPSA) is 154 Å². The number of phosphoric acid groups is 1. The molecular weight excluding hydrogens is 499 g/mol. The van der Waals surface area contributed by atoms with Gasteiger partial charge in [-0.1, -0.05) is 13.8 Å². The van der Waals surface area contributed by atoms with Crippen molar-refractivity contribution < 1.29 is 43.7 Å². The predicted octanol–water partition coefficient (Wildman–Crippen LogP) is 3.02. The number of fused-ring (bicyclic) bond motifs is 5. The second-order valence-corrected chi connectivity index (χ2v) is 15.1. The van der Waals surface area contributed by atoms with Crippen LogP contribution in [-0.4, -0.2) is 66.2 Å². The monoisotopic (exact) mass is 542 g/mol. The summed E-state index contributed by atoms with van der Waals surface area (Å²) in [7, 11) is -4.32. The van der Waals surface area contributed by atoms with Crippen LogP contribution in [-0.2, 0) is 18.4 Å². The Kier molecular flexibility index (Phi) is 6.36. The largest absolute Gasteiger partial charge is 0.473 e. The van der Waals surface area contributed by atoms with Crippen molar-refractivity contribution in [2.75, 3.05) is 0 Å². The first kappa shape index (κ1) is 27.9. The lowest BCUT2D eigenvalue weighted by Crippen LogP contribution is -2.62. The summed E-state index contributed by atoms with van der Waals surface area (Å²) in [4.78, 5) is 23.7. The molecule has 10 heteroatoms. The summed E-state index contributed by atoms with van der Waals surface area (Å²) in [5, 5.41) is 43.5. The minimum atomic E-state index is -4.32. The molecule has 0 radical (unpaired) electrons. The average Bonchev–Trinajstić information content (AvgIpc) is 3.17. The van der Waals surface area contributed by atoms with Crippen LogP contribution in [0.2, 0.25) is 0 Å². The summed E-state index contributed by atoms with van der Waals surface area (Å²) >= 11 is 0. The van der Waals surface area contributed by atoms with Crippen LogP contribution >= 0.6 is 7.82 Å². The molecule has 4 aliphatic carbocycles. The van der Waals surface area contributed by atoms with Crippen molar-refractivity contribution in [3.05, 3.63) is 11.6 Å². The van der Waals surface area contributed by atoms with E-state index >= 15 is 0 Å². The highest BCUT2D eigenvalue weighted by atomic mass is 31.2. The summed E-state index contributed by atoms with van der Waals surface area (Å²) in [6.07, 6.45) is 2.38. The van der Waals surface area contributed by atoms with Gasteiger partial charge in [0, 0.05) is 11.3 Å². The predicted molar refractivity (Wildman–Crippen MR) is 134 cm³/mol. The third-order valence-electron chi connectivity index (χ3n) is 11.0. The molecule has 0 aromatic carbocycles. The van der Waals surface area contributed by atoms with Crippen molar-refractivity contribution >= 4 is 13.6 Å². The van der Waals surface area contributed by atoms with Gasteiger partial charge in [-0.3, -0.25) is 13.8 Å². The van der Waals surface area contributed by atoms with E-state index in [4.69, 9.17) is 9.05 Å². The molecular formula is C27H43O9P. The number of aliphatic hydroxyl groups is 4. The van der Waals surface area contributed by atoms with Gasteiger partial charge in [-0.2, -0.15) is 0 Å². The van der Waals surface area contributed by atoms with E-state index in [1.54, 1.807) is 26.8 Å². The second kappa shape index (κ2) is 8.43. The lowest BCUT2D eigenvalue weighted by molar-refractivity contribution is -0.160. The molecule has 0 amide bonds. The molecule has 210 valence electrons. The summed E-state index contributed by atoms with van der Waals surface area (Å²) in [5.74, 6) is -0.963. The Labute approximate surface area is 218 Å². The maximum absolute atomic E-state index is 13.4. The van der Waals surface area contributed by atoms with E-state index in [2.05, 4.69) is 0 Å². The summed E-state index contributed by atoms with van der Waals surface area (Å²) in [6.45, 7) is 9.13. The highest BCUT2D eigenvalue weighted by Gasteiger charge is 2.71. The molecule has 1 heterocycles. The van der Waals surface area contributed by atoms with Crippen LogP contribution in [0.4, 0.5) is 0 Å². The molecule has 0 aromatic heterocycles. The smallest absolute Gasteiger partial charge is 0.390 e. The Morgan fingerprint density at radius 3 is 2.43 bits per heavy atom. The van der Waals surface area contributed by atoms with Gasteiger partial charge in [0.15, 0.2) is 5.78 Å². The Morgan fingerprint density at radius 2 is 1.78 bits per heavy atom. The standard InChI is InChI=1S/C27H43O9P/c1-23(2,31)9-8-22-26(5,36-37(33,34)35-22)21-7-11-27(32)16-12-18(28)17-13-19(29)20(30)14-24(17,3)15(16)6-10-25(21,27)4/h12,15,17,19-22,29-32H,6-11,13-14H2,1-5H3,(H,33,34). The molecule has 11 atom stereocenters. The third kappa shape index (κ3) is 4.07. The van der Waals surface area contributed by atoms with E-state index in [1.807, 2.05) is 13.8 Å². The zero-order valence-corrected chi connectivity index (χ0v) is 23.4. The van der Waals surface area contributed by atoms with Crippen molar-refractivity contribution in [3.63, 3.8) is 0 Å². The van der Waals surface area contributed by atoms with Gasteiger partial charge < -0.3 is 25.3 Å². The molecule has 5 N–H and O–H groups in total. The molecule has 5 rings (SSSR count). The Balaban J connectivity index is 1.51. The quantitative estimate of drug-likeness (QED) is 0.337. The van der Waals surface area contributed by atoms with Crippen LogP contribution in [0.3, 0.4) is 0 Å². The fourth-order valence-corrected chi connectivity index (χ4v) is 10.4. The molecule has 5 aliphatic rings. The van der Waals surface area contributed by atoms with Crippen molar-refractivity contribution in [2.24, 2.45) is 28.6 Å². The lowest BCUT2D eigenvalue weighted by atomic mass is 9.45. The molecule has 1 aliphatic heterocycles. The van der Waals surface area contributed by atoms with Gasteiger partial charge in [-0.05, 0) is 101 Å². The maximum Gasteiger partial charge on any atom is 0.473 e. The zero-order valence-electron chi connectivity index (χ0n) is 22.5. The number of allylic oxidation sites excluding steroid dienone is 1. The van der Waals surface area contributed by atoms with E-state index in [0.717, 1.165) is 0 Å². The van der Waals surface area contributed by atoms with Gasteiger partial charge in [0.25, 0.3) is 0 Å². The Hall–Kier alpha value is -0.640. The zero-order chi connectivity index (χ0) is 27.4. The average molecular weight is 543 g/mol. The summed E-state index contributed by atoms with van der Waals surface area (Å²) < 4.78 is 24.0. The van der Waals surface area contributed by atoms with Crippen LogP contribution in [0.15, 0.2) is 11.6 Å². The molecule has 9 nitrogen and oxygen atoms in total. The van der Waals surface area contributed by atoms with E-state index in [0.29, 0.717) is 50.5 Å². The first-order valence-electron chi connectivity index (χ1n) is 13.7. The number of phosphoric ester groups is 1. The normalized spacial score (nSPS) is 53.9. The van der Waals surface area contributed by atoms with E-state index in [9.17, 15) is 34.7 Å². The van der Waals surface area contributed by atoms with Crippen molar-refractivity contribution in [1.29, 1.82) is 0 Å². The van der Waals surface area contributed by atoms with Gasteiger partial charge in [0.2, 0.25) is 0 Å². The van der Waals surface area contributed by atoms with Crippen LogP contribution in [0.25, 0.3) is 0 Å². The molecule has 11 unspecified atom stereocenters. The fourth-order valence-electron chi connectivity index (χ4n) is 9.00. The maximum atomic E-state index is 13.4. The molecule has 4 fully saturated rings. The molecule has 0 bridgehead atoms. The minimum absolute atomic E-state index is 0.113. The molecule has 1 saturated heterocycles. The number of hydrogen-bond acceptors (Lipinski definition) is 8. The van der Waals surface area contributed by atoms with Gasteiger partial charge in [-0.15, -0.1) is 0 Å². The van der Waals surface area contributed by atoms with Gasteiger partial charge in [0.05, 0.1) is 29.5 Å². The van der Waals surface area contributed by atoms with Crippen molar-refractivity contribution in [3.8, 4) is 0 Å². The van der Waals surface area contributed by atoms with Crippen LogP contribution < -0.4 is 0 Å².